The van der Waals surface area contributed by atoms with Crippen LogP contribution in [0.2, 0.25) is 0 Å². The summed E-state index contributed by atoms with van der Waals surface area (Å²) in [4.78, 5) is 15.8. The van der Waals surface area contributed by atoms with Crippen LogP contribution in [-0.4, -0.2) is 24.4 Å². The molecular formula is C13H11NO5. The van der Waals surface area contributed by atoms with Crippen molar-refractivity contribution in [2.45, 2.75) is 6.92 Å². The second kappa shape index (κ2) is 4.64. The van der Waals surface area contributed by atoms with E-state index >= 15 is 0 Å². The normalized spacial score (nSPS) is 12.5. The van der Waals surface area contributed by atoms with Crippen LogP contribution in [0.25, 0.3) is 11.3 Å². The number of carbonyl (C=O) groups is 1. The molecule has 0 radical (unpaired) electrons. The fraction of sp³-hybridized carbons (Fsp3) is 0.231. The Kier molecular flexibility index (Phi) is 2.83. The lowest BCUT2D eigenvalue weighted by molar-refractivity contribution is 0.0491. The van der Waals surface area contributed by atoms with Crippen LogP contribution in [0.15, 0.2) is 29.0 Å². The summed E-state index contributed by atoms with van der Waals surface area (Å²) in [6.07, 6.45) is 1.21. The molecule has 1 aromatic carbocycles. The molecule has 0 unspecified atom stereocenters. The Bertz CT molecular complexity index is 619. The number of aromatic nitrogens is 1. The van der Waals surface area contributed by atoms with Gasteiger partial charge in [0, 0.05) is 5.56 Å². The molecule has 2 heterocycles. The van der Waals surface area contributed by atoms with E-state index in [0.717, 1.165) is 0 Å². The fourth-order valence-corrected chi connectivity index (χ4v) is 1.84. The summed E-state index contributed by atoms with van der Waals surface area (Å²) >= 11 is 0. The van der Waals surface area contributed by atoms with Gasteiger partial charge < -0.3 is 18.6 Å². The van der Waals surface area contributed by atoms with Crippen LogP contribution >= 0.6 is 0 Å². The quantitative estimate of drug-likeness (QED) is 0.789. The first-order chi connectivity index (χ1) is 9.29. The molecule has 1 aromatic heterocycles. The van der Waals surface area contributed by atoms with Crippen LogP contribution in [0.4, 0.5) is 0 Å². The lowest BCUT2D eigenvalue weighted by Gasteiger charge is -2.02. The zero-order chi connectivity index (χ0) is 13.2. The number of benzene rings is 1. The van der Waals surface area contributed by atoms with Crippen molar-refractivity contribution in [2.24, 2.45) is 0 Å². The SMILES string of the molecule is CCOC(=O)c1ocnc1-c1ccc2c(c1)OCO2. The molecule has 0 N–H and O–H groups in total. The first-order valence-corrected chi connectivity index (χ1v) is 5.80. The molecular weight excluding hydrogens is 250 g/mol. The lowest BCUT2D eigenvalue weighted by Crippen LogP contribution is -2.04. The fourth-order valence-electron chi connectivity index (χ4n) is 1.84. The molecule has 1 aliphatic rings. The first kappa shape index (κ1) is 11.6. The minimum atomic E-state index is -0.535. The summed E-state index contributed by atoms with van der Waals surface area (Å²) < 4.78 is 20.5. The largest absolute Gasteiger partial charge is 0.460 e. The van der Waals surface area contributed by atoms with Crippen molar-refractivity contribution >= 4 is 5.97 Å². The third-order valence-corrected chi connectivity index (χ3v) is 2.67. The van der Waals surface area contributed by atoms with Crippen LogP contribution in [0, 0.1) is 0 Å². The van der Waals surface area contributed by atoms with Crippen molar-refractivity contribution in [3.8, 4) is 22.8 Å². The molecule has 0 saturated carbocycles. The van der Waals surface area contributed by atoms with E-state index in [-0.39, 0.29) is 19.2 Å². The second-order valence-electron chi connectivity index (χ2n) is 3.82. The van der Waals surface area contributed by atoms with Crippen LogP contribution in [-0.2, 0) is 4.74 Å². The monoisotopic (exact) mass is 261 g/mol. The third kappa shape index (κ3) is 2.01. The van der Waals surface area contributed by atoms with E-state index in [1.807, 2.05) is 0 Å². The van der Waals surface area contributed by atoms with Gasteiger partial charge in [0.2, 0.25) is 12.6 Å². The zero-order valence-electron chi connectivity index (χ0n) is 10.2. The van der Waals surface area contributed by atoms with Crippen LogP contribution < -0.4 is 9.47 Å². The highest BCUT2D eigenvalue weighted by Gasteiger charge is 2.22. The van der Waals surface area contributed by atoms with Gasteiger partial charge in [-0.1, -0.05) is 0 Å². The highest BCUT2D eigenvalue weighted by Crippen LogP contribution is 2.36. The first-order valence-electron chi connectivity index (χ1n) is 5.80. The van der Waals surface area contributed by atoms with Crippen molar-refractivity contribution in [2.75, 3.05) is 13.4 Å². The summed E-state index contributed by atoms with van der Waals surface area (Å²) in [5.41, 5.74) is 1.14. The van der Waals surface area contributed by atoms with Gasteiger partial charge in [0.15, 0.2) is 17.9 Å². The molecule has 0 atom stereocenters. The Morgan fingerprint density at radius 3 is 3.05 bits per heavy atom. The highest BCUT2D eigenvalue weighted by atomic mass is 16.7. The minimum Gasteiger partial charge on any atom is -0.460 e. The van der Waals surface area contributed by atoms with Gasteiger partial charge in [0.25, 0.3) is 0 Å². The Labute approximate surface area is 108 Å². The number of carbonyl (C=O) groups excluding carboxylic acids is 1. The number of ether oxygens (including phenoxy) is 3. The topological polar surface area (TPSA) is 70.8 Å². The van der Waals surface area contributed by atoms with Crippen LogP contribution in [0.5, 0.6) is 11.5 Å². The van der Waals surface area contributed by atoms with Gasteiger partial charge in [0.05, 0.1) is 6.61 Å². The maximum atomic E-state index is 11.7. The lowest BCUT2D eigenvalue weighted by atomic mass is 10.1. The van der Waals surface area contributed by atoms with E-state index in [2.05, 4.69) is 4.98 Å². The predicted octanol–water partition coefficient (Wildman–Crippen LogP) is 2.25. The van der Waals surface area contributed by atoms with Crippen molar-refractivity contribution in [1.82, 2.24) is 4.98 Å². The molecule has 3 rings (SSSR count). The Morgan fingerprint density at radius 1 is 1.37 bits per heavy atom. The molecule has 1 aliphatic heterocycles. The van der Waals surface area contributed by atoms with E-state index in [1.165, 1.54) is 6.39 Å². The number of rotatable bonds is 3. The molecule has 6 nitrogen and oxygen atoms in total. The number of oxazole rings is 1. The third-order valence-electron chi connectivity index (χ3n) is 2.67. The summed E-state index contributed by atoms with van der Waals surface area (Å²) in [5, 5.41) is 0. The van der Waals surface area contributed by atoms with Gasteiger partial charge in [-0.3, -0.25) is 0 Å². The smallest absolute Gasteiger partial charge is 0.376 e. The summed E-state index contributed by atoms with van der Waals surface area (Å²) in [7, 11) is 0. The molecule has 98 valence electrons. The Hall–Kier alpha value is -2.50. The van der Waals surface area contributed by atoms with E-state index in [0.29, 0.717) is 22.8 Å². The average Bonchev–Trinajstić information content (AvgIpc) is 3.07. The van der Waals surface area contributed by atoms with Crippen molar-refractivity contribution in [3.63, 3.8) is 0 Å². The number of hydrogen-bond acceptors (Lipinski definition) is 6. The highest BCUT2D eigenvalue weighted by molar-refractivity contribution is 5.93. The maximum absolute atomic E-state index is 11.7. The maximum Gasteiger partial charge on any atom is 0.376 e. The minimum absolute atomic E-state index is 0.0840. The second-order valence-corrected chi connectivity index (χ2v) is 3.82. The Morgan fingerprint density at radius 2 is 2.21 bits per heavy atom. The molecule has 0 fully saturated rings. The molecule has 0 saturated heterocycles. The summed E-state index contributed by atoms with van der Waals surface area (Å²) in [6.45, 7) is 2.21. The molecule has 2 aromatic rings. The zero-order valence-corrected chi connectivity index (χ0v) is 10.2. The predicted molar refractivity (Wildman–Crippen MR) is 64.0 cm³/mol. The molecule has 6 heteroatoms. The Balaban J connectivity index is 1.99. The van der Waals surface area contributed by atoms with Crippen molar-refractivity contribution < 1.29 is 23.4 Å². The van der Waals surface area contributed by atoms with E-state index in [1.54, 1.807) is 25.1 Å². The average molecular weight is 261 g/mol. The standard InChI is InChI=1S/C13H11NO5/c1-2-16-13(15)12-11(14-6-17-12)8-3-4-9-10(5-8)19-7-18-9/h3-6H,2,7H2,1H3. The number of hydrogen-bond donors (Lipinski definition) is 0. The van der Waals surface area contributed by atoms with E-state index in [4.69, 9.17) is 18.6 Å². The van der Waals surface area contributed by atoms with Crippen molar-refractivity contribution in [3.05, 3.63) is 30.4 Å². The van der Waals surface area contributed by atoms with Gasteiger partial charge in [-0.15, -0.1) is 0 Å². The molecule has 19 heavy (non-hydrogen) atoms. The van der Waals surface area contributed by atoms with Gasteiger partial charge in [0.1, 0.15) is 5.69 Å². The number of nitrogens with zero attached hydrogens (tertiary/aromatic N) is 1. The molecule has 0 aliphatic carbocycles. The van der Waals surface area contributed by atoms with E-state index in [9.17, 15) is 4.79 Å². The number of fused-ring (bicyclic) bond motifs is 1. The molecule has 0 spiro atoms. The summed E-state index contributed by atoms with van der Waals surface area (Å²) in [5.74, 6) is 0.841. The van der Waals surface area contributed by atoms with Gasteiger partial charge in [-0.2, -0.15) is 0 Å². The van der Waals surface area contributed by atoms with E-state index < -0.39 is 5.97 Å². The van der Waals surface area contributed by atoms with Gasteiger partial charge in [-0.25, -0.2) is 9.78 Å². The number of esters is 1. The summed E-state index contributed by atoms with van der Waals surface area (Å²) in [6, 6.07) is 5.30. The van der Waals surface area contributed by atoms with Crippen LogP contribution in [0.3, 0.4) is 0 Å². The molecule has 0 amide bonds. The molecule has 0 bridgehead atoms. The van der Waals surface area contributed by atoms with Crippen molar-refractivity contribution in [1.29, 1.82) is 0 Å². The van der Waals surface area contributed by atoms with Gasteiger partial charge >= 0.3 is 5.97 Å². The van der Waals surface area contributed by atoms with Gasteiger partial charge in [-0.05, 0) is 25.1 Å². The van der Waals surface area contributed by atoms with Crippen LogP contribution in [0.1, 0.15) is 17.5 Å².